The average Bonchev–Trinajstić information content (AvgIpc) is 2.73. The summed E-state index contributed by atoms with van der Waals surface area (Å²) in [6.07, 6.45) is 0.814. The van der Waals surface area contributed by atoms with Gasteiger partial charge in [-0.2, -0.15) is 0 Å². The van der Waals surface area contributed by atoms with E-state index in [1.807, 2.05) is 26.0 Å². The van der Waals surface area contributed by atoms with Crippen molar-refractivity contribution >= 4 is 46.5 Å². The predicted molar refractivity (Wildman–Crippen MR) is 117 cm³/mol. The van der Waals surface area contributed by atoms with Gasteiger partial charge in [0.2, 0.25) is 5.84 Å². The van der Waals surface area contributed by atoms with Crippen molar-refractivity contribution in [3.63, 3.8) is 0 Å². The molecule has 0 atom stereocenters. The van der Waals surface area contributed by atoms with Crippen LogP contribution in [0.25, 0.3) is 0 Å². The van der Waals surface area contributed by atoms with Crippen molar-refractivity contribution in [1.29, 1.82) is 0 Å². The first-order valence-electron chi connectivity index (χ1n) is 9.49. The lowest BCUT2D eigenvalue weighted by Gasteiger charge is -2.27. The lowest BCUT2D eigenvalue weighted by Crippen LogP contribution is -2.54. The van der Waals surface area contributed by atoms with E-state index < -0.39 is 5.91 Å². The van der Waals surface area contributed by atoms with Crippen molar-refractivity contribution < 1.29 is 14.4 Å². The van der Waals surface area contributed by atoms with E-state index in [2.05, 4.69) is 21.1 Å². The Bertz CT molecular complexity index is 1000. The molecule has 0 saturated heterocycles. The van der Waals surface area contributed by atoms with Gasteiger partial charge in [0.05, 0.1) is 16.3 Å². The molecule has 1 aliphatic heterocycles. The minimum Gasteiger partial charge on any atom is -0.352 e. The number of halogens is 1. The lowest BCUT2D eigenvalue weighted by molar-refractivity contribution is -0.118. The van der Waals surface area contributed by atoms with Crippen molar-refractivity contribution in [1.82, 2.24) is 10.7 Å². The number of amides is 3. The maximum Gasteiger partial charge on any atom is 0.292 e. The molecule has 0 spiro atoms. The van der Waals surface area contributed by atoms with E-state index in [4.69, 9.17) is 11.6 Å². The summed E-state index contributed by atoms with van der Waals surface area (Å²) in [6.45, 7) is 4.30. The van der Waals surface area contributed by atoms with Crippen molar-refractivity contribution in [2.24, 2.45) is 4.99 Å². The Balaban J connectivity index is 1.69. The SMILES string of the molecule is CCCNC(=O)c1ccc(NC(=O)C2=NCC(=O)N(c3ccc(C)cc3)N2)cc1Cl. The maximum absolute atomic E-state index is 12.6. The molecule has 0 unspecified atom stereocenters. The Morgan fingerprint density at radius 1 is 1.17 bits per heavy atom. The number of rotatable bonds is 6. The molecule has 0 aliphatic carbocycles. The third-order valence-corrected chi connectivity index (χ3v) is 4.67. The van der Waals surface area contributed by atoms with E-state index in [9.17, 15) is 14.4 Å². The fourth-order valence-electron chi connectivity index (χ4n) is 2.75. The lowest BCUT2D eigenvalue weighted by atomic mass is 10.2. The summed E-state index contributed by atoms with van der Waals surface area (Å²) in [6, 6.07) is 11.9. The quantitative estimate of drug-likeness (QED) is 0.659. The van der Waals surface area contributed by atoms with Crippen LogP contribution in [0, 0.1) is 6.92 Å². The van der Waals surface area contributed by atoms with Gasteiger partial charge in [0.25, 0.3) is 17.7 Å². The summed E-state index contributed by atoms with van der Waals surface area (Å²) in [5.41, 5.74) is 5.14. The van der Waals surface area contributed by atoms with Crippen LogP contribution in [0.15, 0.2) is 47.5 Å². The van der Waals surface area contributed by atoms with Gasteiger partial charge in [-0.15, -0.1) is 0 Å². The van der Waals surface area contributed by atoms with Gasteiger partial charge in [-0.3, -0.25) is 24.8 Å². The second-order valence-electron chi connectivity index (χ2n) is 6.75. The highest BCUT2D eigenvalue weighted by Gasteiger charge is 2.25. The molecule has 1 heterocycles. The highest BCUT2D eigenvalue weighted by Crippen LogP contribution is 2.21. The van der Waals surface area contributed by atoms with Gasteiger partial charge in [-0.05, 0) is 43.7 Å². The molecule has 9 heteroatoms. The summed E-state index contributed by atoms with van der Waals surface area (Å²) < 4.78 is 0. The number of nitrogens with one attached hydrogen (secondary N) is 3. The van der Waals surface area contributed by atoms with Crippen LogP contribution in [0.4, 0.5) is 11.4 Å². The molecule has 3 rings (SSSR count). The van der Waals surface area contributed by atoms with Gasteiger partial charge in [0.1, 0.15) is 6.54 Å². The van der Waals surface area contributed by atoms with E-state index in [-0.39, 0.29) is 29.2 Å². The van der Waals surface area contributed by atoms with Crippen LogP contribution < -0.4 is 21.1 Å². The number of hydrogen-bond donors (Lipinski definition) is 3. The zero-order valence-corrected chi connectivity index (χ0v) is 17.4. The number of carbonyl (C=O) groups is 3. The first-order valence-corrected chi connectivity index (χ1v) is 9.86. The van der Waals surface area contributed by atoms with Crippen LogP contribution >= 0.6 is 11.6 Å². The summed E-state index contributed by atoms with van der Waals surface area (Å²) in [5.74, 6) is -1.08. The first kappa shape index (κ1) is 21.3. The molecule has 3 N–H and O–H groups in total. The van der Waals surface area contributed by atoms with E-state index >= 15 is 0 Å². The third-order valence-electron chi connectivity index (χ3n) is 4.35. The number of nitrogens with zero attached hydrogens (tertiary/aromatic N) is 2. The van der Waals surface area contributed by atoms with Crippen molar-refractivity contribution in [2.45, 2.75) is 20.3 Å². The molecule has 156 valence electrons. The van der Waals surface area contributed by atoms with Crippen molar-refractivity contribution in [2.75, 3.05) is 23.4 Å². The zero-order chi connectivity index (χ0) is 21.7. The largest absolute Gasteiger partial charge is 0.352 e. The number of carbonyl (C=O) groups excluding carboxylic acids is 3. The molecular formula is C21H22ClN5O3. The van der Waals surface area contributed by atoms with E-state index in [1.54, 1.807) is 24.3 Å². The van der Waals surface area contributed by atoms with Crippen LogP contribution in [0.2, 0.25) is 5.02 Å². The molecule has 0 bridgehead atoms. The number of anilines is 2. The molecule has 0 saturated carbocycles. The number of amidine groups is 1. The summed E-state index contributed by atoms with van der Waals surface area (Å²) in [4.78, 5) is 40.9. The summed E-state index contributed by atoms with van der Waals surface area (Å²) in [7, 11) is 0. The molecule has 2 aromatic carbocycles. The van der Waals surface area contributed by atoms with E-state index in [0.717, 1.165) is 12.0 Å². The van der Waals surface area contributed by atoms with Crippen LogP contribution in [0.1, 0.15) is 29.3 Å². The summed E-state index contributed by atoms with van der Waals surface area (Å²) in [5, 5.41) is 6.93. The summed E-state index contributed by atoms with van der Waals surface area (Å²) >= 11 is 6.20. The average molecular weight is 428 g/mol. The monoisotopic (exact) mass is 427 g/mol. The molecule has 3 amide bonds. The molecule has 0 fully saturated rings. The molecule has 0 aromatic heterocycles. The second-order valence-corrected chi connectivity index (χ2v) is 7.15. The fraction of sp³-hybridized carbons (Fsp3) is 0.238. The molecule has 0 radical (unpaired) electrons. The third kappa shape index (κ3) is 4.96. The minimum atomic E-state index is -0.529. The highest BCUT2D eigenvalue weighted by molar-refractivity contribution is 6.43. The second kappa shape index (κ2) is 9.41. The number of benzene rings is 2. The van der Waals surface area contributed by atoms with E-state index in [0.29, 0.717) is 23.5 Å². The Hall–Kier alpha value is -3.39. The Morgan fingerprint density at radius 2 is 1.90 bits per heavy atom. The highest BCUT2D eigenvalue weighted by atomic mass is 35.5. The smallest absolute Gasteiger partial charge is 0.292 e. The van der Waals surface area contributed by atoms with Crippen molar-refractivity contribution in [3.05, 3.63) is 58.6 Å². The predicted octanol–water partition coefficient (Wildman–Crippen LogP) is 2.68. The topological polar surface area (TPSA) is 103 Å². The van der Waals surface area contributed by atoms with Gasteiger partial charge in [0, 0.05) is 12.2 Å². The number of hydrogen-bond acceptors (Lipinski definition) is 5. The van der Waals surface area contributed by atoms with Gasteiger partial charge >= 0.3 is 0 Å². The van der Waals surface area contributed by atoms with Gasteiger partial charge in [-0.1, -0.05) is 36.2 Å². The molecule has 30 heavy (non-hydrogen) atoms. The zero-order valence-electron chi connectivity index (χ0n) is 16.7. The molecular weight excluding hydrogens is 406 g/mol. The number of hydrazine groups is 1. The standard InChI is InChI=1S/C21H22ClN5O3/c1-3-10-23-20(29)16-9-6-14(11-17(16)22)25-21(30)19-24-12-18(28)27(26-19)15-7-4-13(2)5-8-15/h4-9,11H,3,10,12H2,1-2H3,(H,23,29)(H,24,26)(H,25,30). The van der Waals surface area contributed by atoms with Crippen LogP contribution in [-0.2, 0) is 9.59 Å². The number of aryl methyl sites for hydroxylation is 1. The Labute approximate surface area is 179 Å². The van der Waals surface area contributed by atoms with E-state index in [1.165, 1.54) is 11.1 Å². The first-order chi connectivity index (χ1) is 14.4. The fourth-order valence-corrected chi connectivity index (χ4v) is 3.01. The van der Waals surface area contributed by atoms with Crippen LogP contribution in [0.5, 0.6) is 0 Å². The molecule has 8 nitrogen and oxygen atoms in total. The van der Waals surface area contributed by atoms with Crippen molar-refractivity contribution in [3.8, 4) is 0 Å². The normalized spacial score (nSPS) is 13.4. The molecule has 1 aliphatic rings. The van der Waals surface area contributed by atoms with Crippen LogP contribution in [0.3, 0.4) is 0 Å². The van der Waals surface area contributed by atoms with Gasteiger partial charge < -0.3 is 10.6 Å². The minimum absolute atomic E-state index is 0.00365. The van der Waals surface area contributed by atoms with Gasteiger partial charge in [-0.25, -0.2) is 5.01 Å². The Kier molecular flexibility index (Phi) is 6.68. The van der Waals surface area contributed by atoms with Gasteiger partial charge in [0.15, 0.2) is 0 Å². The Morgan fingerprint density at radius 3 is 2.57 bits per heavy atom. The van der Waals surface area contributed by atoms with Crippen LogP contribution in [-0.4, -0.2) is 36.6 Å². The maximum atomic E-state index is 12.6. The molecule has 2 aromatic rings. The number of aliphatic imine (C=N–C) groups is 1.